The van der Waals surface area contributed by atoms with Gasteiger partial charge in [-0.25, -0.2) is 13.4 Å². The van der Waals surface area contributed by atoms with E-state index in [9.17, 15) is 13.2 Å². The molecule has 2 fully saturated rings. The van der Waals surface area contributed by atoms with Gasteiger partial charge in [0.1, 0.15) is 5.52 Å². The van der Waals surface area contributed by atoms with Gasteiger partial charge in [0.05, 0.1) is 37.1 Å². The lowest BCUT2D eigenvalue weighted by molar-refractivity contribution is -0.132. The molecule has 11 heteroatoms. The molecule has 0 radical (unpaired) electrons. The summed E-state index contributed by atoms with van der Waals surface area (Å²) in [6.07, 6.45) is 0. The van der Waals surface area contributed by atoms with Gasteiger partial charge in [0, 0.05) is 26.2 Å². The summed E-state index contributed by atoms with van der Waals surface area (Å²) in [4.78, 5) is 18.5. The van der Waals surface area contributed by atoms with Crippen LogP contribution in [0.5, 0.6) is 0 Å². The smallest absolute Gasteiger partial charge is 0.257 e. The third-order valence-corrected chi connectivity index (χ3v) is 7.34. The molecule has 152 valence electrons. The van der Waals surface area contributed by atoms with E-state index < -0.39 is 10.0 Å². The Hall–Kier alpha value is -1.66. The minimum atomic E-state index is -3.59. The first kappa shape index (κ1) is 19.6. The first-order valence-corrected chi connectivity index (χ1v) is 11.4. The zero-order chi connectivity index (χ0) is 19.6. The third kappa shape index (κ3) is 4.18. The molecule has 2 aromatic rings. The van der Waals surface area contributed by atoms with Crippen LogP contribution in [0.2, 0.25) is 0 Å². The fourth-order valence-electron chi connectivity index (χ4n) is 3.07. The Bertz CT molecular complexity index is 949. The topological polar surface area (TPSA) is 102 Å². The van der Waals surface area contributed by atoms with Crippen molar-refractivity contribution >= 4 is 38.8 Å². The van der Waals surface area contributed by atoms with E-state index in [4.69, 9.17) is 13.9 Å². The van der Waals surface area contributed by atoms with Crippen molar-refractivity contribution in [3.05, 3.63) is 18.2 Å². The van der Waals surface area contributed by atoms with Crippen LogP contribution in [0.15, 0.2) is 32.7 Å². The quantitative estimate of drug-likeness (QED) is 0.646. The maximum Gasteiger partial charge on any atom is 0.257 e. The minimum absolute atomic E-state index is 0.00569. The molecule has 1 aromatic carbocycles. The van der Waals surface area contributed by atoms with Gasteiger partial charge in [-0.1, -0.05) is 11.8 Å². The Morgan fingerprint density at radius 1 is 1.07 bits per heavy atom. The summed E-state index contributed by atoms with van der Waals surface area (Å²) in [6, 6.07) is 4.63. The van der Waals surface area contributed by atoms with Crippen LogP contribution in [0, 0.1) is 0 Å². The molecule has 0 bridgehead atoms. The van der Waals surface area contributed by atoms with Crippen LogP contribution in [0.1, 0.15) is 0 Å². The van der Waals surface area contributed by atoms with Gasteiger partial charge in [-0.15, -0.1) is 0 Å². The van der Waals surface area contributed by atoms with Gasteiger partial charge in [0.15, 0.2) is 5.58 Å². The number of carbonyl (C=O) groups excluding carboxylic acids is 1. The fourth-order valence-corrected chi connectivity index (χ4v) is 5.24. The van der Waals surface area contributed by atoms with Crippen molar-refractivity contribution in [1.82, 2.24) is 14.2 Å². The van der Waals surface area contributed by atoms with Gasteiger partial charge in [0.2, 0.25) is 15.9 Å². The summed E-state index contributed by atoms with van der Waals surface area (Å²) >= 11 is 1.20. The van der Waals surface area contributed by atoms with Crippen LogP contribution in [-0.4, -0.2) is 86.9 Å². The van der Waals surface area contributed by atoms with Gasteiger partial charge in [0.25, 0.3) is 5.22 Å². The molecule has 28 heavy (non-hydrogen) atoms. The molecule has 2 saturated heterocycles. The number of sulfonamides is 1. The number of nitrogens with zero attached hydrogens (tertiary/aromatic N) is 3. The molecule has 2 aliphatic heterocycles. The second-order valence-electron chi connectivity index (χ2n) is 6.41. The highest BCUT2D eigenvalue weighted by atomic mass is 32.2. The Labute approximate surface area is 167 Å². The first-order valence-electron chi connectivity index (χ1n) is 9.01. The van der Waals surface area contributed by atoms with Crippen molar-refractivity contribution in [1.29, 1.82) is 0 Å². The number of fused-ring (bicyclic) bond motifs is 1. The second-order valence-corrected chi connectivity index (χ2v) is 9.27. The Morgan fingerprint density at radius 2 is 1.75 bits per heavy atom. The van der Waals surface area contributed by atoms with Crippen molar-refractivity contribution in [3.8, 4) is 0 Å². The molecular weight excluding hydrogens is 406 g/mol. The Balaban J connectivity index is 1.46. The zero-order valence-electron chi connectivity index (χ0n) is 15.2. The van der Waals surface area contributed by atoms with Crippen LogP contribution in [0.25, 0.3) is 11.1 Å². The van der Waals surface area contributed by atoms with Crippen LogP contribution in [0.4, 0.5) is 0 Å². The number of carbonyl (C=O) groups is 1. The molecule has 1 amide bonds. The number of oxazole rings is 1. The summed E-state index contributed by atoms with van der Waals surface area (Å²) < 4.78 is 43.1. The molecule has 0 saturated carbocycles. The van der Waals surface area contributed by atoms with E-state index in [-0.39, 0.29) is 16.6 Å². The van der Waals surface area contributed by atoms with E-state index >= 15 is 0 Å². The van der Waals surface area contributed by atoms with Crippen LogP contribution in [-0.2, 0) is 24.3 Å². The second kappa shape index (κ2) is 8.37. The predicted molar refractivity (Wildman–Crippen MR) is 102 cm³/mol. The number of hydrogen-bond donors (Lipinski definition) is 0. The lowest BCUT2D eigenvalue weighted by Crippen LogP contribution is -2.41. The highest BCUT2D eigenvalue weighted by Gasteiger charge is 2.27. The van der Waals surface area contributed by atoms with Crippen molar-refractivity contribution in [3.63, 3.8) is 0 Å². The summed E-state index contributed by atoms with van der Waals surface area (Å²) in [7, 11) is -3.59. The highest BCUT2D eigenvalue weighted by molar-refractivity contribution is 7.99. The molecule has 2 aliphatic rings. The van der Waals surface area contributed by atoms with Crippen molar-refractivity contribution in [2.75, 3.05) is 58.4 Å². The van der Waals surface area contributed by atoms with Crippen molar-refractivity contribution in [2.45, 2.75) is 10.1 Å². The lowest BCUT2D eigenvalue weighted by atomic mass is 10.3. The van der Waals surface area contributed by atoms with E-state index in [0.29, 0.717) is 68.9 Å². The number of thioether (sulfide) groups is 1. The molecule has 0 atom stereocenters. The summed E-state index contributed by atoms with van der Waals surface area (Å²) in [5.74, 6) is 0.220. The van der Waals surface area contributed by atoms with Gasteiger partial charge in [-0.05, 0) is 18.2 Å². The molecule has 0 spiro atoms. The Kier molecular flexibility index (Phi) is 5.88. The molecule has 3 heterocycles. The molecule has 0 unspecified atom stereocenters. The van der Waals surface area contributed by atoms with Crippen LogP contribution in [0.3, 0.4) is 0 Å². The molecule has 1 aromatic heterocycles. The molecule has 0 aliphatic carbocycles. The van der Waals surface area contributed by atoms with Gasteiger partial charge >= 0.3 is 0 Å². The Morgan fingerprint density at radius 3 is 2.46 bits per heavy atom. The number of rotatable bonds is 5. The maximum atomic E-state index is 12.8. The predicted octanol–water partition coefficient (Wildman–Crippen LogP) is 0.800. The fraction of sp³-hybridized carbons (Fsp3) is 0.529. The van der Waals surface area contributed by atoms with Crippen molar-refractivity contribution < 1.29 is 27.1 Å². The standard InChI is InChI=1S/C17H21N3O6S2/c21-16(19-3-7-24-8-4-19)12-27-17-18-14-11-13(1-2-15(14)26-17)28(22,23)20-5-9-25-10-6-20/h1-2,11H,3-10,12H2. The zero-order valence-corrected chi connectivity index (χ0v) is 16.8. The SMILES string of the molecule is O=C(CSc1nc2cc(S(=O)(=O)N3CCOCC3)ccc2o1)N1CCOCC1. The molecule has 0 N–H and O–H groups in total. The van der Waals surface area contributed by atoms with E-state index in [1.54, 1.807) is 11.0 Å². The normalized spacial score (nSPS) is 19.2. The van der Waals surface area contributed by atoms with Gasteiger partial charge in [-0.3, -0.25) is 4.79 Å². The van der Waals surface area contributed by atoms with Crippen molar-refractivity contribution in [2.24, 2.45) is 0 Å². The van der Waals surface area contributed by atoms with Gasteiger partial charge in [-0.2, -0.15) is 4.31 Å². The van der Waals surface area contributed by atoms with Crippen LogP contribution >= 0.6 is 11.8 Å². The average molecular weight is 428 g/mol. The molecular formula is C17H21N3O6S2. The molecule has 9 nitrogen and oxygen atoms in total. The third-order valence-electron chi connectivity index (χ3n) is 4.63. The average Bonchev–Trinajstić information content (AvgIpc) is 3.15. The number of hydrogen-bond acceptors (Lipinski definition) is 8. The number of amides is 1. The minimum Gasteiger partial charge on any atom is -0.431 e. The number of ether oxygens (including phenoxy) is 2. The number of benzene rings is 1. The highest BCUT2D eigenvalue weighted by Crippen LogP contribution is 2.27. The van der Waals surface area contributed by atoms with E-state index in [2.05, 4.69) is 4.98 Å². The largest absolute Gasteiger partial charge is 0.431 e. The summed E-state index contributed by atoms with van der Waals surface area (Å²) in [5, 5.41) is 0.345. The van der Waals surface area contributed by atoms with E-state index in [1.807, 2.05) is 0 Å². The summed E-state index contributed by atoms with van der Waals surface area (Å²) in [5.41, 5.74) is 0.943. The van der Waals surface area contributed by atoms with E-state index in [0.717, 1.165) is 0 Å². The molecule has 4 rings (SSSR count). The lowest BCUT2D eigenvalue weighted by Gasteiger charge is -2.26. The van der Waals surface area contributed by atoms with E-state index in [1.165, 1.54) is 28.2 Å². The monoisotopic (exact) mass is 427 g/mol. The first-order chi connectivity index (χ1) is 13.5. The van der Waals surface area contributed by atoms with Gasteiger partial charge < -0.3 is 18.8 Å². The summed E-state index contributed by atoms with van der Waals surface area (Å²) in [6.45, 7) is 3.76. The van der Waals surface area contributed by atoms with Crippen LogP contribution < -0.4 is 0 Å². The number of aromatic nitrogens is 1. The maximum absolute atomic E-state index is 12.8. The number of morpholine rings is 2.